The number of nitrogens with one attached hydrogen (secondary N) is 1. The van der Waals surface area contributed by atoms with Gasteiger partial charge in [-0.1, -0.05) is 24.3 Å². The van der Waals surface area contributed by atoms with E-state index in [0.29, 0.717) is 17.1 Å². The van der Waals surface area contributed by atoms with Gasteiger partial charge < -0.3 is 10.2 Å². The first kappa shape index (κ1) is 28.9. The predicted molar refractivity (Wildman–Crippen MR) is 147 cm³/mol. The van der Waals surface area contributed by atoms with Gasteiger partial charge in [0, 0.05) is 30.6 Å². The SMILES string of the molecule is CCN1C(=O)[C@@H](NC(=O)c2cccc(C(F)(F)F)c2)[C@@H](C2CC2)c2c(C(=O)N(C)C(C)C#N)nn(-c3ccccc3)c21. The van der Waals surface area contributed by atoms with Gasteiger partial charge in [-0.05, 0) is 62.9 Å². The number of anilines is 1. The second-order valence-corrected chi connectivity index (χ2v) is 10.5. The van der Waals surface area contributed by atoms with Gasteiger partial charge >= 0.3 is 6.18 Å². The van der Waals surface area contributed by atoms with Crippen molar-refractivity contribution >= 4 is 23.5 Å². The minimum atomic E-state index is -4.64. The molecule has 1 N–H and O–H groups in total. The maximum Gasteiger partial charge on any atom is 0.416 e. The fourth-order valence-electron chi connectivity index (χ4n) is 5.40. The number of aromatic nitrogens is 2. The lowest BCUT2D eigenvalue weighted by atomic mass is 9.82. The van der Waals surface area contributed by atoms with Crippen molar-refractivity contribution in [1.82, 2.24) is 20.0 Å². The molecule has 1 aliphatic heterocycles. The number of nitrogens with zero attached hydrogens (tertiary/aromatic N) is 5. The van der Waals surface area contributed by atoms with Gasteiger partial charge in [-0.15, -0.1) is 0 Å². The second kappa shape index (κ2) is 11.0. The first-order valence-electron chi connectivity index (χ1n) is 13.6. The molecule has 2 aromatic carbocycles. The van der Waals surface area contributed by atoms with E-state index in [0.717, 1.165) is 31.0 Å². The fourth-order valence-corrected chi connectivity index (χ4v) is 5.40. The zero-order valence-corrected chi connectivity index (χ0v) is 23.2. The van der Waals surface area contributed by atoms with Crippen molar-refractivity contribution in [2.45, 2.75) is 50.9 Å². The summed E-state index contributed by atoms with van der Waals surface area (Å²) in [7, 11) is 1.49. The molecule has 2 heterocycles. The van der Waals surface area contributed by atoms with E-state index >= 15 is 0 Å². The topological polar surface area (TPSA) is 111 Å². The molecule has 0 bridgehead atoms. The zero-order valence-electron chi connectivity index (χ0n) is 23.2. The Balaban J connectivity index is 1.65. The summed E-state index contributed by atoms with van der Waals surface area (Å²) >= 11 is 0. The summed E-state index contributed by atoms with van der Waals surface area (Å²) < 4.78 is 41.6. The van der Waals surface area contributed by atoms with E-state index in [1.54, 1.807) is 38.1 Å². The third-order valence-electron chi connectivity index (χ3n) is 7.85. The molecule has 1 fully saturated rings. The van der Waals surface area contributed by atoms with Crippen LogP contribution in [-0.4, -0.2) is 58.1 Å². The van der Waals surface area contributed by atoms with Gasteiger partial charge in [-0.2, -0.15) is 23.5 Å². The highest BCUT2D eigenvalue weighted by Gasteiger charge is 2.52. The van der Waals surface area contributed by atoms with Crippen LogP contribution < -0.4 is 10.2 Å². The number of fused-ring (bicyclic) bond motifs is 1. The van der Waals surface area contributed by atoms with E-state index in [1.165, 1.54) is 27.6 Å². The highest BCUT2D eigenvalue weighted by atomic mass is 19.4. The standard InChI is InChI=1S/C30H29F3N6O3/c1-4-38-27-23(25(28(41)37(3)17(2)16-34)36-39(27)21-11-6-5-7-12-21)22(18-13-14-18)24(29(38)42)35-26(40)19-9-8-10-20(15-19)30(31,32)33/h5-12,15,17-18,22,24H,4,13-14H2,1-3H3,(H,35,40)/t17?,22-,24-/m0/s1. The number of para-hydroxylation sites is 1. The third kappa shape index (κ3) is 5.11. The molecule has 1 aromatic heterocycles. The van der Waals surface area contributed by atoms with Gasteiger partial charge in [0.2, 0.25) is 0 Å². The van der Waals surface area contributed by atoms with Crippen molar-refractivity contribution in [2.24, 2.45) is 5.92 Å². The Labute approximate surface area is 240 Å². The highest BCUT2D eigenvalue weighted by Crippen LogP contribution is 2.51. The molecule has 1 unspecified atom stereocenters. The minimum absolute atomic E-state index is 0.0552. The molecule has 42 heavy (non-hydrogen) atoms. The average Bonchev–Trinajstić information content (AvgIpc) is 3.76. The third-order valence-corrected chi connectivity index (χ3v) is 7.85. The minimum Gasteiger partial charge on any atom is -0.340 e. The van der Waals surface area contributed by atoms with E-state index in [2.05, 4.69) is 10.4 Å². The van der Waals surface area contributed by atoms with Crippen molar-refractivity contribution < 1.29 is 27.6 Å². The molecule has 0 radical (unpaired) electrons. The van der Waals surface area contributed by atoms with Crippen molar-refractivity contribution in [3.8, 4) is 11.8 Å². The van der Waals surface area contributed by atoms with E-state index in [4.69, 9.17) is 0 Å². The lowest BCUT2D eigenvalue weighted by molar-refractivity contribution is -0.137. The maximum atomic E-state index is 14.1. The zero-order chi connectivity index (χ0) is 30.3. The summed E-state index contributed by atoms with van der Waals surface area (Å²) in [5.41, 5.74) is -0.0809. The Morgan fingerprint density at radius 3 is 2.45 bits per heavy atom. The summed E-state index contributed by atoms with van der Waals surface area (Å²) in [5.74, 6) is -2.13. The molecule has 0 saturated heterocycles. The number of hydrogen-bond acceptors (Lipinski definition) is 5. The van der Waals surface area contributed by atoms with E-state index in [1.807, 2.05) is 12.1 Å². The Morgan fingerprint density at radius 2 is 1.86 bits per heavy atom. The number of halogens is 3. The first-order chi connectivity index (χ1) is 20.0. The lowest BCUT2D eigenvalue weighted by Crippen LogP contribution is -2.56. The van der Waals surface area contributed by atoms with E-state index in [9.17, 15) is 32.8 Å². The van der Waals surface area contributed by atoms with Crippen LogP contribution >= 0.6 is 0 Å². The number of carbonyl (C=O) groups is 3. The van der Waals surface area contributed by atoms with Crippen LogP contribution in [0.2, 0.25) is 0 Å². The summed E-state index contributed by atoms with van der Waals surface area (Å²) in [6.07, 6.45) is -3.18. The Kier molecular flexibility index (Phi) is 7.53. The van der Waals surface area contributed by atoms with Gasteiger partial charge in [-0.25, -0.2) is 4.68 Å². The number of alkyl halides is 3. The molecule has 3 aromatic rings. The van der Waals surface area contributed by atoms with Crippen molar-refractivity contribution in [2.75, 3.05) is 18.5 Å². The molecule has 1 aliphatic carbocycles. The van der Waals surface area contributed by atoms with Crippen molar-refractivity contribution in [3.63, 3.8) is 0 Å². The summed E-state index contributed by atoms with van der Waals surface area (Å²) in [6.45, 7) is 3.51. The molecule has 9 nitrogen and oxygen atoms in total. The number of rotatable bonds is 7. The van der Waals surface area contributed by atoms with Crippen LogP contribution in [-0.2, 0) is 11.0 Å². The lowest BCUT2D eigenvalue weighted by Gasteiger charge is -2.38. The molecular weight excluding hydrogens is 549 g/mol. The van der Waals surface area contributed by atoms with Crippen LogP contribution in [0, 0.1) is 17.2 Å². The average molecular weight is 579 g/mol. The predicted octanol–water partition coefficient (Wildman–Crippen LogP) is 4.53. The van der Waals surface area contributed by atoms with Crippen LogP contribution in [0.1, 0.15) is 64.6 Å². The molecule has 2 aliphatic rings. The number of hydrogen-bond donors (Lipinski definition) is 1. The molecule has 3 atom stereocenters. The molecule has 0 spiro atoms. The van der Waals surface area contributed by atoms with Crippen molar-refractivity contribution in [3.05, 3.63) is 77.0 Å². The van der Waals surface area contributed by atoms with E-state index < -0.39 is 47.5 Å². The second-order valence-electron chi connectivity index (χ2n) is 10.5. The molecule has 12 heteroatoms. The molecule has 1 saturated carbocycles. The molecule has 3 amide bonds. The van der Waals surface area contributed by atoms with Gasteiger partial charge in [0.25, 0.3) is 17.7 Å². The summed E-state index contributed by atoms with van der Waals surface area (Å²) in [5, 5.41) is 16.9. The van der Waals surface area contributed by atoms with E-state index in [-0.39, 0.29) is 23.7 Å². The van der Waals surface area contributed by atoms with Gasteiger partial charge in [0.05, 0.1) is 17.3 Å². The van der Waals surface area contributed by atoms with Gasteiger partial charge in [0.1, 0.15) is 17.9 Å². The smallest absolute Gasteiger partial charge is 0.340 e. The number of benzene rings is 2. The van der Waals surface area contributed by atoms with Crippen LogP contribution in [0.5, 0.6) is 0 Å². The highest BCUT2D eigenvalue weighted by molar-refractivity contribution is 6.07. The number of nitriles is 1. The molecule has 5 rings (SSSR count). The van der Waals surface area contributed by atoms with Gasteiger partial charge in [0.15, 0.2) is 5.69 Å². The first-order valence-corrected chi connectivity index (χ1v) is 13.6. The molecule has 218 valence electrons. The Bertz CT molecular complexity index is 1580. The number of likely N-dealkylation sites (N-methyl/N-ethyl adjacent to an activating group) is 1. The Hall–Kier alpha value is -4.66. The quantitative estimate of drug-likeness (QED) is 0.443. The van der Waals surface area contributed by atoms with Crippen LogP contribution in [0.15, 0.2) is 54.6 Å². The van der Waals surface area contributed by atoms with Gasteiger partial charge in [-0.3, -0.25) is 19.3 Å². The Morgan fingerprint density at radius 1 is 1.17 bits per heavy atom. The largest absolute Gasteiger partial charge is 0.416 e. The normalized spacial score (nSPS) is 19.1. The monoisotopic (exact) mass is 578 g/mol. The van der Waals surface area contributed by atoms with Crippen LogP contribution in [0.25, 0.3) is 5.69 Å². The molecular formula is C30H29F3N6O3. The van der Waals surface area contributed by atoms with Crippen LogP contribution in [0.3, 0.4) is 0 Å². The van der Waals surface area contributed by atoms with Crippen molar-refractivity contribution in [1.29, 1.82) is 5.26 Å². The van der Waals surface area contributed by atoms with Crippen LogP contribution in [0.4, 0.5) is 19.0 Å². The summed E-state index contributed by atoms with van der Waals surface area (Å²) in [4.78, 5) is 43.9. The number of amides is 3. The number of carbonyl (C=O) groups excluding carboxylic acids is 3. The summed E-state index contributed by atoms with van der Waals surface area (Å²) in [6, 6.07) is 13.1. The maximum absolute atomic E-state index is 14.1. The fraction of sp³-hybridized carbons (Fsp3) is 0.367.